The summed E-state index contributed by atoms with van der Waals surface area (Å²) in [6.07, 6.45) is -0.596. The van der Waals surface area contributed by atoms with Crippen LogP contribution in [0.3, 0.4) is 0 Å². The molecule has 2 unspecified atom stereocenters. The first-order valence-electron chi connectivity index (χ1n) is 16.3. The van der Waals surface area contributed by atoms with Gasteiger partial charge in [0, 0.05) is 12.8 Å². The highest BCUT2D eigenvalue weighted by molar-refractivity contribution is 5.84. The van der Waals surface area contributed by atoms with Gasteiger partial charge in [-0.25, -0.2) is 0 Å². The molecule has 0 heterocycles. The Bertz CT molecular complexity index is 1270. The minimum atomic E-state index is -2.02. The van der Waals surface area contributed by atoms with Crippen molar-refractivity contribution in [2.45, 2.75) is 155 Å². The monoisotopic (exact) mass is 641 g/mol. The average molecular weight is 642 g/mol. The summed E-state index contributed by atoms with van der Waals surface area (Å²) in [4.78, 5) is 26.6. The summed E-state index contributed by atoms with van der Waals surface area (Å²) in [5, 5.41) is 56.9. The minimum absolute atomic E-state index is 0.0967. The molecular weight excluding hydrogens is 582 g/mol. The maximum absolute atomic E-state index is 13.3. The van der Waals surface area contributed by atoms with Crippen molar-refractivity contribution < 1.29 is 35.2 Å². The molecule has 0 saturated carbocycles. The van der Waals surface area contributed by atoms with Crippen LogP contribution in [0.1, 0.15) is 143 Å². The number of phenols is 2. The van der Waals surface area contributed by atoms with Crippen molar-refractivity contribution >= 4 is 11.9 Å². The van der Waals surface area contributed by atoms with E-state index in [0.717, 1.165) is 0 Å². The molecule has 2 aromatic carbocycles. The van der Waals surface area contributed by atoms with E-state index in [9.17, 15) is 35.2 Å². The molecule has 2 atom stereocenters. The van der Waals surface area contributed by atoms with Gasteiger partial charge in [0.1, 0.15) is 22.6 Å². The molecule has 46 heavy (non-hydrogen) atoms. The van der Waals surface area contributed by atoms with E-state index >= 15 is 0 Å². The highest BCUT2D eigenvalue weighted by Gasteiger charge is 2.56. The van der Waals surface area contributed by atoms with E-state index in [1.165, 1.54) is 0 Å². The van der Waals surface area contributed by atoms with Crippen LogP contribution in [0, 0.1) is 0 Å². The lowest BCUT2D eigenvalue weighted by molar-refractivity contribution is -0.249. The third-order valence-electron chi connectivity index (χ3n) is 9.34. The highest BCUT2D eigenvalue weighted by Crippen LogP contribution is 2.44. The van der Waals surface area contributed by atoms with Crippen molar-refractivity contribution in [3.8, 4) is 11.5 Å². The molecule has 2 aromatic rings. The Morgan fingerprint density at radius 3 is 0.913 bits per heavy atom. The van der Waals surface area contributed by atoms with Crippen LogP contribution in [0.4, 0.5) is 0 Å². The largest absolute Gasteiger partial charge is 0.507 e. The molecule has 0 aliphatic heterocycles. The second-order valence-electron chi connectivity index (χ2n) is 17.1. The van der Waals surface area contributed by atoms with Gasteiger partial charge in [-0.2, -0.15) is 5.06 Å². The van der Waals surface area contributed by atoms with Gasteiger partial charge in [0.05, 0.1) is 0 Å². The zero-order chi connectivity index (χ0) is 36.0. The van der Waals surface area contributed by atoms with Crippen molar-refractivity contribution in [2.75, 3.05) is 0 Å². The summed E-state index contributed by atoms with van der Waals surface area (Å²) in [6.45, 7) is 26.8. The second kappa shape index (κ2) is 12.8. The van der Waals surface area contributed by atoms with Gasteiger partial charge in [-0.15, -0.1) is 0 Å². The molecule has 0 spiro atoms. The first-order chi connectivity index (χ1) is 20.6. The number of carboxylic acid groups (broad SMARTS) is 2. The van der Waals surface area contributed by atoms with Crippen LogP contribution in [-0.2, 0) is 44.1 Å². The van der Waals surface area contributed by atoms with Crippen LogP contribution < -0.4 is 0 Å². The molecule has 0 radical (unpaired) electrons. The summed E-state index contributed by atoms with van der Waals surface area (Å²) >= 11 is 0. The van der Waals surface area contributed by atoms with Crippen molar-refractivity contribution in [1.82, 2.24) is 5.06 Å². The standard InChI is InChI=1S/C38H59NO7/c1-15-37(31(42)43,21-23-17-25(33(3,4)5)29(40)26(18-23)34(6,7)8)39(46)38(16-2,32(44)45)22-24-19-27(35(9,10)11)30(41)28(20-24)36(12,13)14/h17-20,40-41,46H,15-16,21-22H2,1-14H3,(H,42,43)(H,44,45). The fourth-order valence-corrected chi connectivity index (χ4v) is 6.30. The Morgan fingerprint density at radius 2 is 0.761 bits per heavy atom. The minimum Gasteiger partial charge on any atom is -0.507 e. The van der Waals surface area contributed by atoms with E-state index in [4.69, 9.17) is 0 Å². The van der Waals surface area contributed by atoms with Gasteiger partial charge in [-0.05, 0) is 67.9 Å². The fourth-order valence-electron chi connectivity index (χ4n) is 6.30. The lowest BCUT2D eigenvalue weighted by Gasteiger charge is -2.46. The predicted octanol–water partition coefficient (Wildman–Crippen LogP) is 8.23. The van der Waals surface area contributed by atoms with Crippen LogP contribution in [0.25, 0.3) is 0 Å². The van der Waals surface area contributed by atoms with Gasteiger partial charge >= 0.3 is 11.9 Å². The van der Waals surface area contributed by atoms with Gasteiger partial charge in [0.2, 0.25) is 0 Å². The number of aromatic hydroxyl groups is 2. The lowest BCUT2D eigenvalue weighted by Crippen LogP contribution is -2.67. The number of aliphatic carboxylic acids is 2. The van der Waals surface area contributed by atoms with E-state index in [1.54, 1.807) is 38.1 Å². The molecule has 2 rings (SSSR count). The summed E-state index contributed by atoms with van der Waals surface area (Å²) in [6, 6.07) is 7.08. The average Bonchev–Trinajstić information content (AvgIpc) is 2.88. The molecule has 5 N–H and O–H groups in total. The normalized spacial score (nSPS) is 15.8. The molecule has 8 nitrogen and oxygen atoms in total. The number of phenolic OH excluding ortho intramolecular Hbond substituents is 2. The number of carbonyl (C=O) groups is 2. The Kier molecular flexibility index (Phi) is 10.9. The third kappa shape index (κ3) is 7.54. The second-order valence-corrected chi connectivity index (χ2v) is 17.1. The molecule has 0 aliphatic rings. The summed E-state index contributed by atoms with van der Waals surface area (Å²) in [5.74, 6) is -2.41. The summed E-state index contributed by atoms with van der Waals surface area (Å²) in [7, 11) is 0. The highest BCUT2D eigenvalue weighted by atomic mass is 16.5. The lowest BCUT2D eigenvalue weighted by atomic mass is 9.74. The van der Waals surface area contributed by atoms with Crippen molar-refractivity contribution in [3.05, 3.63) is 57.6 Å². The van der Waals surface area contributed by atoms with Gasteiger partial charge in [0.15, 0.2) is 0 Å². The van der Waals surface area contributed by atoms with Crippen LogP contribution in [-0.4, -0.2) is 53.7 Å². The maximum Gasteiger partial charge on any atom is 0.326 e. The zero-order valence-electron chi connectivity index (χ0n) is 30.6. The number of hydroxylamine groups is 2. The molecule has 0 bridgehead atoms. The molecule has 0 amide bonds. The van der Waals surface area contributed by atoms with Crippen molar-refractivity contribution in [2.24, 2.45) is 0 Å². The number of hydrogen-bond acceptors (Lipinski definition) is 6. The number of nitrogens with zero attached hydrogens (tertiary/aromatic N) is 1. The Balaban J connectivity index is 2.91. The fraction of sp³-hybridized carbons (Fsp3) is 0.632. The van der Waals surface area contributed by atoms with Crippen molar-refractivity contribution in [1.29, 1.82) is 0 Å². The maximum atomic E-state index is 13.3. The molecule has 0 aliphatic carbocycles. The molecule has 258 valence electrons. The van der Waals surface area contributed by atoms with Crippen LogP contribution >= 0.6 is 0 Å². The van der Waals surface area contributed by atoms with E-state index < -0.39 is 44.7 Å². The molecule has 8 heteroatoms. The van der Waals surface area contributed by atoms with Gasteiger partial charge < -0.3 is 25.6 Å². The first kappa shape index (κ1) is 39.1. The van der Waals surface area contributed by atoms with E-state index in [1.807, 2.05) is 83.1 Å². The molecular formula is C38H59NO7. The van der Waals surface area contributed by atoms with Crippen LogP contribution in [0.2, 0.25) is 0 Å². The van der Waals surface area contributed by atoms with Crippen molar-refractivity contribution in [3.63, 3.8) is 0 Å². The number of benzene rings is 2. The SMILES string of the molecule is CCC(Cc1cc(C(C)(C)C)c(O)c(C(C)(C)C)c1)(C(=O)O)N(O)C(CC)(Cc1cc(C(C)(C)C)c(O)c(C(C)(C)C)c1)C(=O)O. The Labute approximate surface area is 276 Å². The van der Waals surface area contributed by atoms with E-state index in [0.29, 0.717) is 38.4 Å². The first-order valence-corrected chi connectivity index (χ1v) is 16.3. The third-order valence-corrected chi connectivity index (χ3v) is 9.34. The Hall–Kier alpha value is -3.10. The topological polar surface area (TPSA) is 139 Å². The van der Waals surface area contributed by atoms with Gasteiger partial charge in [-0.1, -0.05) is 121 Å². The van der Waals surface area contributed by atoms with Crippen LogP contribution in [0.15, 0.2) is 24.3 Å². The van der Waals surface area contributed by atoms with Gasteiger partial charge in [-0.3, -0.25) is 9.59 Å². The zero-order valence-corrected chi connectivity index (χ0v) is 30.6. The quantitative estimate of drug-likeness (QED) is 0.164. The number of hydrogen-bond donors (Lipinski definition) is 5. The molecule has 0 fully saturated rings. The van der Waals surface area contributed by atoms with E-state index in [-0.39, 0.29) is 37.2 Å². The van der Waals surface area contributed by atoms with E-state index in [2.05, 4.69) is 0 Å². The predicted molar refractivity (Wildman–Crippen MR) is 183 cm³/mol. The summed E-state index contributed by atoms with van der Waals surface area (Å²) in [5.41, 5.74) is -2.22. The van der Waals surface area contributed by atoms with Gasteiger partial charge in [0.25, 0.3) is 0 Å². The smallest absolute Gasteiger partial charge is 0.326 e. The molecule has 0 aromatic heterocycles. The molecule has 0 saturated heterocycles. The van der Waals surface area contributed by atoms with Crippen LogP contribution in [0.5, 0.6) is 11.5 Å². The Morgan fingerprint density at radius 1 is 0.543 bits per heavy atom. The number of carboxylic acids is 2. The number of rotatable bonds is 10. The summed E-state index contributed by atoms with van der Waals surface area (Å²) < 4.78 is 0.